The van der Waals surface area contributed by atoms with Crippen molar-refractivity contribution in [2.24, 2.45) is 0 Å². The summed E-state index contributed by atoms with van der Waals surface area (Å²) in [6, 6.07) is 1.45. The Kier molecular flexibility index (Phi) is 4.94. The number of hydrogen-bond acceptors (Lipinski definition) is 5. The first-order valence-electron chi connectivity index (χ1n) is 5.97. The van der Waals surface area contributed by atoms with Gasteiger partial charge in [-0.15, -0.1) is 0 Å². The van der Waals surface area contributed by atoms with Crippen molar-refractivity contribution in [2.75, 3.05) is 37.0 Å². The minimum Gasteiger partial charge on any atom is -0.372 e. The van der Waals surface area contributed by atoms with Crippen molar-refractivity contribution >= 4 is 39.2 Å². The van der Waals surface area contributed by atoms with Gasteiger partial charge in [-0.3, -0.25) is 0 Å². The number of anilines is 1. The number of sulfonamides is 1. The number of nitrogens with zero attached hydrogens (tertiary/aromatic N) is 2. The Labute approximate surface area is 122 Å². The largest absolute Gasteiger partial charge is 0.372 e. The molecule has 1 aromatic rings. The molecule has 1 aromatic heterocycles. The van der Waals surface area contributed by atoms with Crippen LogP contribution in [0.2, 0.25) is 5.02 Å². The Hall–Kier alpha value is -0.500. The summed E-state index contributed by atoms with van der Waals surface area (Å²) in [4.78, 5) is 4.18. The van der Waals surface area contributed by atoms with E-state index in [2.05, 4.69) is 10.3 Å². The minimum absolute atomic E-state index is 0.156. The van der Waals surface area contributed by atoms with Crippen molar-refractivity contribution in [3.8, 4) is 0 Å². The van der Waals surface area contributed by atoms with Crippen LogP contribution in [-0.2, 0) is 10.0 Å². The van der Waals surface area contributed by atoms with Gasteiger partial charge in [-0.25, -0.2) is 13.4 Å². The summed E-state index contributed by atoms with van der Waals surface area (Å²) in [6.45, 7) is 1.10. The number of thioether (sulfide) groups is 1. The summed E-state index contributed by atoms with van der Waals surface area (Å²) in [6.07, 6.45) is 2.23. The molecule has 1 aliphatic heterocycles. The Balaban J connectivity index is 2.30. The molecule has 8 heteroatoms. The molecule has 0 saturated carbocycles. The second kappa shape index (κ2) is 6.30. The minimum atomic E-state index is -3.49. The van der Waals surface area contributed by atoms with Crippen molar-refractivity contribution in [2.45, 2.75) is 11.3 Å². The Morgan fingerprint density at radius 1 is 1.42 bits per heavy atom. The van der Waals surface area contributed by atoms with Crippen LogP contribution in [0, 0.1) is 0 Å². The summed E-state index contributed by atoms with van der Waals surface area (Å²) >= 11 is 7.78. The topological polar surface area (TPSA) is 62.3 Å². The highest BCUT2D eigenvalue weighted by atomic mass is 35.5. The first-order valence-corrected chi connectivity index (χ1v) is 8.94. The zero-order valence-electron chi connectivity index (χ0n) is 10.6. The number of rotatable bonds is 3. The molecule has 0 unspecified atom stereocenters. The van der Waals surface area contributed by atoms with Crippen LogP contribution in [0.1, 0.15) is 6.42 Å². The summed E-state index contributed by atoms with van der Waals surface area (Å²) in [5.41, 5.74) is 0. The predicted octanol–water partition coefficient (Wildman–Crippen LogP) is 1.90. The van der Waals surface area contributed by atoms with E-state index in [9.17, 15) is 8.42 Å². The zero-order chi connectivity index (χ0) is 13.9. The number of halogens is 1. The average Bonchev–Trinajstić information content (AvgIpc) is 2.67. The highest BCUT2D eigenvalue weighted by Gasteiger charge is 2.26. The number of pyridine rings is 1. The van der Waals surface area contributed by atoms with Crippen LogP contribution >= 0.6 is 23.4 Å². The standard InChI is InChI=1S/C11H16ClN3O2S2/c1-13-11-10(12)7-9(8-14-11)19(16,17)15-3-2-5-18-6-4-15/h7-8H,2-6H2,1H3,(H,13,14). The lowest BCUT2D eigenvalue weighted by molar-refractivity contribution is 0.435. The van der Waals surface area contributed by atoms with Gasteiger partial charge in [0, 0.05) is 32.1 Å². The highest BCUT2D eigenvalue weighted by molar-refractivity contribution is 7.99. The molecule has 1 aliphatic rings. The lowest BCUT2D eigenvalue weighted by atomic mass is 10.4. The van der Waals surface area contributed by atoms with Gasteiger partial charge in [-0.05, 0) is 18.2 Å². The Morgan fingerprint density at radius 2 is 2.21 bits per heavy atom. The first-order chi connectivity index (χ1) is 9.05. The van der Waals surface area contributed by atoms with Gasteiger partial charge in [-0.1, -0.05) is 11.6 Å². The summed E-state index contributed by atoms with van der Waals surface area (Å²) in [7, 11) is -1.80. The lowest BCUT2D eigenvalue weighted by Gasteiger charge is -2.19. The van der Waals surface area contributed by atoms with Crippen LogP contribution in [0.5, 0.6) is 0 Å². The molecule has 2 rings (SSSR count). The van der Waals surface area contributed by atoms with Gasteiger partial charge in [-0.2, -0.15) is 16.1 Å². The maximum Gasteiger partial charge on any atom is 0.244 e. The van der Waals surface area contributed by atoms with Gasteiger partial charge >= 0.3 is 0 Å². The fourth-order valence-corrected chi connectivity index (χ4v) is 4.64. The SMILES string of the molecule is CNc1ncc(S(=O)(=O)N2CCCSCC2)cc1Cl. The summed E-state index contributed by atoms with van der Waals surface area (Å²) < 4.78 is 26.5. The van der Waals surface area contributed by atoms with Crippen molar-refractivity contribution in [1.29, 1.82) is 0 Å². The number of aromatic nitrogens is 1. The fraction of sp³-hybridized carbons (Fsp3) is 0.545. The van der Waals surface area contributed by atoms with Crippen LogP contribution in [-0.4, -0.2) is 49.3 Å². The van der Waals surface area contributed by atoms with Crippen LogP contribution in [0.25, 0.3) is 0 Å². The van der Waals surface area contributed by atoms with Gasteiger partial charge < -0.3 is 5.32 Å². The van der Waals surface area contributed by atoms with Crippen LogP contribution in [0.15, 0.2) is 17.2 Å². The average molecular weight is 322 g/mol. The van der Waals surface area contributed by atoms with E-state index < -0.39 is 10.0 Å². The maximum absolute atomic E-state index is 12.5. The summed E-state index contributed by atoms with van der Waals surface area (Å²) in [5, 5.41) is 3.12. The molecule has 1 N–H and O–H groups in total. The molecule has 0 aliphatic carbocycles. The Bertz CT molecular complexity index is 543. The van der Waals surface area contributed by atoms with E-state index in [1.807, 2.05) is 0 Å². The predicted molar refractivity (Wildman–Crippen MR) is 79.5 cm³/mol. The van der Waals surface area contributed by atoms with Crippen molar-refractivity contribution in [1.82, 2.24) is 9.29 Å². The van der Waals surface area contributed by atoms with Crippen molar-refractivity contribution < 1.29 is 8.42 Å². The van der Waals surface area contributed by atoms with E-state index in [4.69, 9.17) is 11.6 Å². The molecular formula is C11H16ClN3O2S2. The molecular weight excluding hydrogens is 306 g/mol. The third-order valence-corrected chi connectivity index (χ3v) is 6.07. The monoisotopic (exact) mass is 321 g/mol. The maximum atomic E-state index is 12.5. The fourth-order valence-electron chi connectivity index (χ4n) is 1.86. The van der Waals surface area contributed by atoms with Crippen LogP contribution in [0.3, 0.4) is 0 Å². The molecule has 5 nitrogen and oxygen atoms in total. The van der Waals surface area contributed by atoms with E-state index in [0.717, 1.165) is 17.9 Å². The van der Waals surface area contributed by atoms with E-state index >= 15 is 0 Å². The molecule has 0 aromatic carbocycles. The van der Waals surface area contributed by atoms with E-state index in [-0.39, 0.29) is 4.90 Å². The molecule has 106 valence electrons. The highest BCUT2D eigenvalue weighted by Crippen LogP contribution is 2.25. The molecule has 1 saturated heterocycles. The van der Waals surface area contributed by atoms with Crippen LogP contribution in [0.4, 0.5) is 5.82 Å². The van der Waals surface area contributed by atoms with Gasteiger partial charge in [0.25, 0.3) is 0 Å². The third kappa shape index (κ3) is 3.34. The molecule has 19 heavy (non-hydrogen) atoms. The normalized spacial score (nSPS) is 18.0. The number of hydrogen-bond donors (Lipinski definition) is 1. The molecule has 0 amide bonds. The van der Waals surface area contributed by atoms with Crippen molar-refractivity contribution in [3.05, 3.63) is 17.3 Å². The molecule has 2 heterocycles. The van der Waals surface area contributed by atoms with E-state index in [1.165, 1.54) is 16.6 Å². The lowest BCUT2D eigenvalue weighted by Crippen LogP contribution is -2.33. The van der Waals surface area contributed by atoms with Gasteiger partial charge in [0.2, 0.25) is 10.0 Å². The molecule has 0 spiro atoms. The molecule has 1 fully saturated rings. The van der Waals surface area contributed by atoms with Gasteiger partial charge in [0.15, 0.2) is 0 Å². The summed E-state index contributed by atoms with van der Waals surface area (Å²) in [5.74, 6) is 2.31. The van der Waals surface area contributed by atoms with E-state index in [1.54, 1.807) is 18.8 Å². The molecule has 0 radical (unpaired) electrons. The second-order valence-electron chi connectivity index (χ2n) is 4.12. The number of nitrogens with one attached hydrogen (secondary N) is 1. The second-order valence-corrected chi connectivity index (χ2v) is 7.69. The quantitative estimate of drug-likeness (QED) is 0.921. The first kappa shape index (κ1) is 14.9. The molecule has 0 bridgehead atoms. The van der Waals surface area contributed by atoms with Gasteiger partial charge in [0.1, 0.15) is 10.7 Å². The third-order valence-electron chi connectivity index (χ3n) is 2.87. The zero-order valence-corrected chi connectivity index (χ0v) is 13.0. The van der Waals surface area contributed by atoms with Gasteiger partial charge in [0.05, 0.1) is 5.02 Å². The Morgan fingerprint density at radius 3 is 2.89 bits per heavy atom. The molecule has 0 atom stereocenters. The van der Waals surface area contributed by atoms with Crippen molar-refractivity contribution in [3.63, 3.8) is 0 Å². The van der Waals surface area contributed by atoms with Crippen LogP contribution < -0.4 is 5.32 Å². The smallest absolute Gasteiger partial charge is 0.244 e. The van der Waals surface area contributed by atoms with E-state index in [0.29, 0.717) is 23.9 Å².